The maximum absolute atomic E-state index is 11.7. The minimum Gasteiger partial charge on any atom is -0.325 e. The van der Waals surface area contributed by atoms with Crippen molar-refractivity contribution in [2.24, 2.45) is 5.73 Å². The molecule has 1 aliphatic rings. The molecule has 2 amide bonds. The lowest BCUT2D eigenvalue weighted by atomic mass is 10.2. The number of nitrogens with zero attached hydrogens (tertiary/aromatic N) is 1. The van der Waals surface area contributed by atoms with E-state index in [9.17, 15) is 9.59 Å². The highest BCUT2D eigenvalue weighted by atomic mass is 35.5. The molecule has 2 rings (SSSR count). The van der Waals surface area contributed by atoms with Gasteiger partial charge >= 0.3 is 0 Å². The van der Waals surface area contributed by atoms with Gasteiger partial charge in [0.15, 0.2) is 0 Å². The van der Waals surface area contributed by atoms with E-state index in [2.05, 4.69) is 5.32 Å². The molecule has 1 aromatic carbocycles. The van der Waals surface area contributed by atoms with Crippen molar-refractivity contribution in [2.75, 3.05) is 16.8 Å². The van der Waals surface area contributed by atoms with Crippen LogP contribution in [0.15, 0.2) is 18.2 Å². The summed E-state index contributed by atoms with van der Waals surface area (Å²) in [6.45, 7) is 2.53. The van der Waals surface area contributed by atoms with Crippen molar-refractivity contribution in [3.05, 3.63) is 23.2 Å². The molecule has 1 fully saturated rings. The van der Waals surface area contributed by atoms with Crippen LogP contribution in [0.1, 0.15) is 26.2 Å². The summed E-state index contributed by atoms with van der Waals surface area (Å²) in [4.78, 5) is 25.1. The molecule has 1 aliphatic heterocycles. The van der Waals surface area contributed by atoms with Crippen LogP contribution < -0.4 is 16.0 Å². The number of rotatable bonds is 4. The van der Waals surface area contributed by atoms with Crippen molar-refractivity contribution in [1.29, 1.82) is 0 Å². The molecule has 0 aromatic heterocycles. The topological polar surface area (TPSA) is 75.4 Å². The summed E-state index contributed by atoms with van der Waals surface area (Å²) < 4.78 is 0. The van der Waals surface area contributed by atoms with E-state index in [0.717, 1.165) is 6.42 Å². The summed E-state index contributed by atoms with van der Waals surface area (Å²) in [5.41, 5.74) is 6.92. The molecular formula is C14H18ClN3O2. The van der Waals surface area contributed by atoms with Crippen LogP contribution in [0.3, 0.4) is 0 Å². The van der Waals surface area contributed by atoms with Crippen molar-refractivity contribution in [3.8, 4) is 0 Å². The third-order valence-corrected chi connectivity index (χ3v) is 3.66. The molecule has 1 aromatic rings. The SMILES string of the molecule is CC[C@@H](N)C(=O)Nc1ccc(N2CCCC2=O)c(Cl)c1. The average molecular weight is 296 g/mol. The lowest BCUT2D eigenvalue weighted by molar-refractivity contribution is -0.118. The third-order valence-electron chi connectivity index (χ3n) is 3.36. The fourth-order valence-electron chi connectivity index (χ4n) is 2.13. The van der Waals surface area contributed by atoms with Gasteiger partial charge < -0.3 is 16.0 Å². The smallest absolute Gasteiger partial charge is 0.241 e. The molecule has 0 saturated carbocycles. The second-order valence-corrected chi connectivity index (χ2v) is 5.23. The number of carbonyl (C=O) groups is 2. The summed E-state index contributed by atoms with van der Waals surface area (Å²) in [5.74, 6) is -0.162. The average Bonchev–Trinajstić information content (AvgIpc) is 2.84. The number of nitrogens with two attached hydrogens (primary N) is 1. The van der Waals surface area contributed by atoms with Crippen LogP contribution in [-0.4, -0.2) is 24.4 Å². The van der Waals surface area contributed by atoms with Gasteiger partial charge in [-0.25, -0.2) is 0 Å². The number of benzene rings is 1. The zero-order valence-corrected chi connectivity index (χ0v) is 12.1. The van der Waals surface area contributed by atoms with Crippen LogP contribution in [0.4, 0.5) is 11.4 Å². The van der Waals surface area contributed by atoms with Gasteiger partial charge in [0.2, 0.25) is 11.8 Å². The second kappa shape index (κ2) is 6.24. The Labute approximate surface area is 123 Å². The Bertz CT molecular complexity index is 533. The lowest BCUT2D eigenvalue weighted by Gasteiger charge is -2.18. The summed E-state index contributed by atoms with van der Waals surface area (Å²) in [7, 11) is 0. The highest BCUT2D eigenvalue weighted by molar-refractivity contribution is 6.34. The van der Waals surface area contributed by atoms with E-state index in [-0.39, 0.29) is 11.8 Å². The number of amides is 2. The lowest BCUT2D eigenvalue weighted by Crippen LogP contribution is -2.34. The quantitative estimate of drug-likeness (QED) is 0.893. The Morgan fingerprint density at radius 1 is 1.55 bits per heavy atom. The molecule has 6 heteroatoms. The van der Waals surface area contributed by atoms with Gasteiger partial charge in [-0.2, -0.15) is 0 Å². The maximum atomic E-state index is 11.7. The predicted octanol–water partition coefficient (Wildman–Crippen LogP) is 2.14. The normalized spacial score (nSPS) is 16.4. The Morgan fingerprint density at radius 3 is 2.85 bits per heavy atom. The van der Waals surface area contributed by atoms with E-state index in [1.807, 2.05) is 6.92 Å². The molecule has 0 aliphatic carbocycles. The van der Waals surface area contributed by atoms with Gasteiger partial charge in [0, 0.05) is 18.7 Å². The van der Waals surface area contributed by atoms with Crippen molar-refractivity contribution in [1.82, 2.24) is 0 Å². The molecule has 1 saturated heterocycles. The summed E-state index contributed by atoms with van der Waals surface area (Å²) in [5, 5.41) is 3.16. The monoisotopic (exact) mass is 295 g/mol. The van der Waals surface area contributed by atoms with Crippen LogP contribution in [0.25, 0.3) is 0 Å². The van der Waals surface area contributed by atoms with Crippen LogP contribution >= 0.6 is 11.6 Å². The first-order valence-corrected chi connectivity index (χ1v) is 7.07. The van der Waals surface area contributed by atoms with Crippen molar-refractivity contribution < 1.29 is 9.59 Å². The van der Waals surface area contributed by atoms with Gasteiger partial charge in [-0.3, -0.25) is 9.59 Å². The largest absolute Gasteiger partial charge is 0.325 e. The Kier molecular flexibility index (Phi) is 4.62. The molecule has 0 radical (unpaired) electrons. The number of anilines is 2. The van der Waals surface area contributed by atoms with Crippen molar-refractivity contribution in [3.63, 3.8) is 0 Å². The minimum absolute atomic E-state index is 0.0803. The summed E-state index contributed by atoms with van der Waals surface area (Å²) in [6, 6.07) is 4.59. The van der Waals surface area contributed by atoms with Gasteiger partial charge in [-0.05, 0) is 31.0 Å². The molecule has 108 valence electrons. The summed E-state index contributed by atoms with van der Waals surface area (Å²) >= 11 is 6.20. The standard InChI is InChI=1S/C14H18ClN3O2/c1-2-11(16)14(20)17-9-5-6-12(10(15)8-9)18-7-3-4-13(18)19/h5-6,8,11H,2-4,7,16H2,1H3,(H,17,20)/t11-/m1/s1. The third kappa shape index (κ3) is 3.11. The first-order chi connectivity index (χ1) is 9.52. The number of carbonyl (C=O) groups excluding carboxylic acids is 2. The number of hydrogen-bond donors (Lipinski definition) is 2. The molecule has 0 bridgehead atoms. The Balaban J connectivity index is 2.13. The molecular weight excluding hydrogens is 278 g/mol. The molecule has 0 spiro atoms. The second-order valence-electron chi connectivity index (χ2n) is 4.82. The van der Waals surface area contributed by atoms with Crippen LogP contribution in [0, 0.1) is 0 Å². The van der Waals surface area contributed by atoms with Crippen LogP contribution in [0.2, 0.25) is 5.02 Å². The van der Waals surface area contributed by atoms with E-state index in [1.165, 1.54) is 0 Å². The Morgan fingerprint density at radius 2 is 2.30 bits per heavy atom. The van der Waals surface area contributed by atoms with Crippen LogP contribution in [-0.2, 0) is 9.59 Å². The predicted molar refractivity (Wildman–Crippen MR) is 79.9 cm³/mol. The molecule has 1 heterocycles. The van der Waals surface area contributed by atoms with Crippen LogP contribution in [0.5, 0.6) is 0 Å². The Hall–Kier alpha value is -1.59. The molecule has 1 atom stereocenters. The minimum atomic E-state index is -0.534. The van der Waals surface area contributed by atoms with Gasteiger partial charge in [-0.15, -0.1) is 0 Å². The van der Waals surface area contributed by atoms with E-state index >= 15 is 0 Å². The number of halogens is 1. The first kappa shape index (κ1) is 14.8. The van der Waals surface area contributed by atoms with Crippen molar-refractivity contribution >= 4 is 34.8 Å². The van der Waals surface area contributed by atoms with E-state index in [1.54, 1.807) is 23.1 Å². The van der Waals surface area contributed by atoms with E-state index in [0.29, 0.717) is 35.8 Å². The van der Waals surface area contributed by atoms with Gasteiger partial charge in [0.25, 0.3) is 0 Å². The van der Waals surface area contributed by atoms with Gasteiger partial charge in [-0.1, -0.05) is 18.5 Å². The maximum Gasteiger partial charge on any atom is 0.241 e. The van der Waals surface area contributed by atoms with E-state index in [4.69, 9.17) is 17.3 Å². The molecule has 20 heavy (non-hydrogen) atoms. The van der Waals surface area contributed by atoms with E-state index < -0.39 is 6.04 Å². The highest BCUT2D eigenvalue weighted by Gasteiger charge is 2.23. The van der Waals surface area contributed by atoms with Gasteiger partial charge in [0.05, 0.1) is 16.8 Å². The summed E-state index contributed by atoms with van der Waals surface area (Å²) in [6.07, 6.45) is 1.97. The number of nitrogens with one attached hydrogen (secondary N) is 1. The molecule has 0 unspecified atom stereocenters. The van der Waals surface area contributed by atoms with Gasteiger partial charge in [0.1, 0.15) is 0 Å². The molecule has 5 nitrogen and oxygen atoms in total. The van der Waals surface area contributed by atoms with Crippen molar-refractivity contribution in [2.45, 2.75) is 32.2 Å². The fraction of sp³-hybridized carbons (Fsp3) is 0.429. The number of hydrogen-bond acceptors (Lipinski definition) is 3. The highest BCUT2D eigenvalue weighted by Crippen LogP contribution is 2.31. The zero-order chi connectivity index (χ0) is 14.7. The fourth-order valence-corrected chi connectivity index (χ4v) is 2.41. The first-order valence-electron chi connectivity index (χ1n) is 6.69. The zero-order valence-electron chi connectivity index (χ0n) is 11.4. The molecule has 3 N–H and O–H groups in total.